The maximum absolute atomic E-state index is 13.8. The van der Waals surface area contributed by atoms with E-state index in [-0.39, 0.29) is 5.57 Å². The molecule has 4 rings (SSSR count). The van der Waals surface area contributed by atoms with Crippen LogP contribution in [0.25, 0.3) is 0 Å². The average Bonchev–Trinajstić information content (AvgIpc) is 2.80. The molecule has 0 saturated carbocycles. The van der Waals surface area contributed by atoms with Crippen LogP contribution in [0.4, 0.5) is 14.9 Å². The lowest BCUT2D eigenvalue weighted by Crippen LogP contribution is -2.51. The van der Waals surface area contributed by atoms with Gasteiger partial charge in [0.2, 0.25) is 0 Å². The molecule has 2 heterocycles. The summed E-state index contributed by atoms with van der Waals surface area (Å²) in [5.41, 5.74) is 3.48. The zero-order valence-corrected chi connectivity index (χ0v) is 19.3. The Kier molecular flexibility index (Phi) is 6.85. The lowest BCUT2D eigenvalue weighted by Gasteiger charge is -2.38. The zero-order chi connectivity index (χ0) is 23.5. The zero-order valence-electron chi connectivity index (χ0n) is 18.5. The van der Waals surface area contributed by atoms with E-state index < -0.39 is 23.9 Å². The first kappa shape index (κ1) is 23.1. The Morgan fingerprint density at radius 3 is 2.64 bits per heavy atom. The van der Waals surface area contributed by atoms with Gasteiger partial charge in [0.25, 0.3) is 0 Å². The number of piperazine rings is 1. The Morgan fingerprint density at radius 2 is 1.94 bits per heavy atom. The largest absolute Gasteiger partial charge is 0.466 e. The minimum Gasteiger partial charge on any atom is -0.466 e. The van der Waals surface area contributed by atoms with Crippen molar-refractivity contribution in [3.05, 3.63) is 75.7 Å². The minimum atomic E-state index is -0.799. The van der Waals surface area contributed by atoms with Crippen molar-refractivity contribution in [2.75, 3.05) is 44.7 Å². The third kappa shape index (κ3) is 5.12. The van der Waals surface area contributed by atoms with Crippen molar-refractivity contribution in [3.63, 3.8) is 0 Å². The number of benzene rings is 2. The highest BCUT2D eigenvalue weighted by atomic mass is 35.5. The number of aryl methyl sites for hydroxylation is 1. The van der Waals surface area contributed by atoms with Crippen LogP contribution < -0.4 is 15.5 Å². The summed E-state index contributed by atoms with van der Waals surface area (Å²) >= 11 is 6.18. The van der Waals surface area contributed by atoms with E-state index in [0.717, 1.165) is 37.4 Å². The summed E-state index contributed by atoms with van der Waals surface area (Å²) in [6.45, 7) is 5.45. The van der Waals surface area contributed by atoms with Crippen LogP contribution in [0.2, 0.25) is 5.02 Å². The van der Waals surface area contributed by atoms with Gasteiger partial charge in [0.05, 0.1) is 18.7 Å². The maximum Gasteiger partial charge on any atom is 0.338 e. The fourth-order valence-electron chi connectivity index (χ4n) is 4.32. The molecular weight excluding hydrogens is 447 g/mol. The van der Waals surface area contributed by atoms with E-state index in [4.69, 9.17) is 16.3 Å². The van der Waals surface area contributed by atoms with Gasteiger partial charge in [-0.05, 0) is 42.3 Å². The second kappa shape index (κ2) is 9.80. The highest BCUT2D eigenvalue weighted by molar-refractivity contribution is 6.30. The van der Waals surface area contributed by atoms with Gasteiger partial charge in [0, 0.05) is 49.1 Å². The van der Waals surface area contributed by atoms with E-state index in [1.165, 1.54) is 19.2 Å². The van der Waals surface area contributed by atoms with Gasteiger partial charge in [-0.15, -0.1) is 0 Å². The first-order valence-electron chi connectivity index (χ1n) is 10.7. The van der Waals surface area contributed by atoms with Crippen molar-refractivity contribution in [2.45, 2.75) is 13.0 Å². The van der Waals surface area contributed by atoms with Crippen LogP contribution in [0, 0.1) is 12.7 Å². The highest BCUT2D eigenvalue weighted by Crippen LogP contribution is 2.29. The van der Waals surface area contributed by atoms with Gasteiger partial charge in [0.1, 0.15) is 5.82 Å². The summed E-state index contributed by atoms with van der Waals surface area (Å²) in [4.78, 5) is 29.6. The molecule has 2 amide bonds. The maximum atomic E-state index is 13.8. The summed E-state index contributed by atoms with van der Waals surface area (Å²) in [5, 5.41) is 6.18. The van der Waals surface area contributed by atoms with Gasteiger partial charge in [0.15, 0.2) is 0 Å². The second-order valence-corrected chi connectivity index (χ2v) is 8.60. The minimum absolute atomic E-state index is 0.274. The number of carbonyl (C=O) groups excluding carboxylic acids is 2. The smallest absolute Gasteiger partial charge is 0.338 e. The van der Waals surface area contributed by atoms with Crippen molar-refractivity contribution in [2.24, 2.45) is 0 Å². The SMILES string of the molecule is COC(=O)C1=C(CN2CCN(c3cc(Cl)ccc3C)CC2)NC(=O)NC1c1cccc(F)c1. The van der Waals surface area contributed by atoms with E-state index in [0.29, 0.717) is 22.8 Å². The van der Waals surface area contributed by atoms with Crippen molar-refractivity contribution in [1.82, 2.24) is 15.5 Å². The number of nitrogens with one attached hydrogen (secondary N) is 2. The van der Waals surface area contributed by atoms with E-state index >= 15 is 0 Å². The molecular formula is C24H26ClFN4O3. The predicted molar refractivity (Wildman–Crippen MR) is 125 cm³/mol. The van der Waals surface area contributed by atoms with Crippen LogP contribution in [0.1, 0.15) is 17.2 Å². The number of halogens is 2. The predicted octanol–water partition coefficient (Wildman–Crippen LogP) is 3.39. The van der Waals surface area contributed by atoms with Crippen molar-refractivity contribution in [3.8, 4) is 0 Å². The van der Waals surface area contributed by atoms with Gasteiger partial charge in [-0.2, -0.15) is 0 Å². The normalized spacial score (nSPS) is 19.2. The lowest BCUT2D eigenvalue weighted by atomic mass is 9.95. The molecule has 0 aromatic heterocycles. The van der Waals surface area contributed by atoms with Gasteiger partial charge < -0.3 is 20.3 Å². The number of anilines is 1. The first-order valence-corrected chi connectivity index (χ1v) is 11.1. The summed E-state index contributed by atoms with van der Waals surface area (Å²) in [5.74, 6) is -1.02. The van der Waals surface area contributed by atoms with Crippen LogP contribution >= 0.6 is 11.6 Å². The number of amides is 2. The van der Waals surface area contributed by atoms with Crippen LogP contribution in [-0.2, 0) is 9.53 Å². The van der Waals surface area contributed by atoms with Crippen molar-refractivity contribution < 1.29 is 18.7 Å². The fraction of sp³-hybridized carbons (Fsp3) is 0.333. The van der Waals surface area contributed by atoms with E-state index in [1.807, 2.05) is 18.2 Å². The molecule has 174 valence electrons. The molecule has 2 aliphatic heterocycles. The highest BCUT2D eigenvalue weighted by Gasteiger charge is 2.34. The number of nitrogens with zero attached hydrogens (tertiary/aromatic N) is 2. The summed E-state index contributed by atoms with van der Waals surface area (Å²) < 4.78 is 18.9. The number of esters is 1. The Morgan fingerprint density at radius 1 is 1.18 bits per heavy atom. The molecule has 1 saturated heterocycles. The first-order chi connectivity index (χ1) is 15.9. The van der Waals surface area contributed by atoms with Crippen molar-refractivity contribution >= 4 is 29.3 Å². The molecule has 1 atom stereocenters. The second-order valence-electron chi connectivity index (χ2n) is 8.16. The van der Waals surface area contributed by atoms with Crippen LogP contribution in [0.5, 0.6) is 0 Å². The van der Waals surface area contributed by atoms with Gasteiger partial charge >= 0.3 is 12.0 Å². The number of urea groups is 1. The summed E-state index contributed by atoms with van der Waals surface area (Å²) in [6.07, 6.45) is 0. The van der Waals surface area contributed by atoms with Crippen LogP contribution in [-0.4, -0.2) is 56.7 Å². The molecule has 33 heavy (non-hydrogen) atoms. The molecule has 0 spiro atoms. The number of rotatable bonds is 5. The molecule has 2 aliphatic rings. The molecule has 7 nitrogen and oxygen atoms in total. The van der Waals surface area contributed by atoms with Gasteiger partial charge in [-0.1, -0.05) is 29.8 Å². The molecule has 2 aromatic rings. The Balaban J connectivity index is 1.55. The number of methoxy groups -OCH3 is 1. The van der Waals surface area contributed by atoms with Gasteiger partial charge in [-0.3, -0.25) is 4.90 Å². The Hall–Kier alpha value is -3.10. The third-order valence-electron chi connectivity index (χ3n) is 6.01. The van der Waals surface area contributed by atoms with Crippen molar-refractivity contribution in [1.29, 1.82) is 0 Å². The average molecular weight is 473 g/mol. The molecule has 1 fully saturated rings. The fourth-order valence-corrected chi connectivity index (χ4v) is 4.49. The lowest BCUT2D eigenvalue weighted by molar-refractivity contribution is -0.136. The Labute approximate surface area is 197 Å². The molecule has 0 aliphatic carbocycles. The molecule has 2 aromatic carbocycles. The number of hydrogen-bond acceptors (Lipinski definition) is 5. The molecule has 1 unspecified atom stereocenters. The van der Waals surface area contributed by atoms with E-state index in [1.54, 1.807) is 12.1 Å². The van der Waals surface area contributed by atoms with Crippen LogP contribution in [0.15, 0.2) is 53.7 Å². The molecule has 0 radical (unpaired) electrons. The molecule has 2 N–H and O–H groups in total. The van der Waals surface area contributed by atoms with Crippen LogP contribution in [0.3, 0.4) is 0 Å². The number of carbonyl (C=O) groups is 2. The molecule has 0 bridgehead atoms. The van der Waals surface area contributed by atoms with Gasteiger partial charge in [-0.25, -0.2) is 14.0 Å². The topological polar surface area (TPSA) is 73.9 Å². The third-order valence-corrected chi connectivity index (χ3v) is 6.24. The van der Waals surface area contributed by atoms with E-state index in [2.05, 4.69) is 27.4 Å². The van der Waals surface area contributed by atoms with E-state index in [9.17, 15) is 14.0 Å². The monoisotopic (exact) mass is 472 g/mol. The standard InChI is InChI=1S/C24H26ClFN4O3/c1-15-6-7-17(25)13-20(15)30-10-8-29(9-11-30)14-19-21(23(31)33-2)22(28-24(32)27-19)16-4-3-5-18(26)12-16/h3-7,12-13,22H,8-11,14H2,1-2H3,(H2,27,28,32). The summed E-state index contributed by atoms with van der Waals surface area (Å²) in [6, 6.07) is 10.5. The quantitative estimate of drug-likeness (QED) is 0.652. The Bertz CT molecular complexity index is 1100. The number of hydrogen-bond donors (Lipinski definition) is 2. The summed E-state index contributed by atoms with van der Waals surface area (Å²) in [7, 11) is 1.29. The molecule has 9 heteroatoms. The number of ether oxygens (including phenoxy) is 1.